The number of ketones is 2. The number of nitro benzene ring substituents is 2. The first kappa shape index (κ1) is 24.7. The van der Waals surface area contributed by atoms with Crippen LogP contribution in [0.15, 0.2) is 24.3 Å². The molecule has 12 nitrogen and oxygen atoms in total. The third-order valence-electron chi connectivity index (χ3n) is 5.42. The zero-order chi connectivity index (χ0) is 25.2. The Morgan fingerprint density at radius 1 is 0.676 bits per heavy atom. The van der Waals surface area contributed by atoms with Gasteiger partial charge in [-0.3, -0.25) is 29.8 Å². The molecule has 34 heavy (non-hydrogen) atoms. The van der Waals surface area contributed by atoms with Gasteiger partial charge in [0.05, 0.1) is 21.0 Å². The maximum Gasteiger partial charge on any atom is 0.281 e. The molecule has 180 valence electrons. The minimum atomic E-state index is -0.802. The molecule has 0 aromatic heterocycles. The number of anilines is 2. The Bertz CT molecular complexity index is 1090. The maximum absolute atomic E-state index is 13.6. The molecule has 0 saturated carbocycles. The molecule has 2 aromatic rings. The number of rotatable bonds is 10. The first-order chi connectivity index (χ1) is 16.0. The molecule has 0 aliphatic heterocycles. The van der Waals surface area contributed by atoms with E-state index in [9.17, 15) is 29.8 Å². The van der Waals surface area contributed by atoms with Crippen LogP contribution in [0.5, 0.6) is 0 Å². The van der Waals surface area contributed by atoms with Gasteiger partial charge >= 0.3 is 0 Å². The van der Waals surface area contributed by atoms with E-state index >= 15 is 0 Å². The molecule has 0 bridgehead atoms. The van der Waals surface area contributed by atoms with Gasteiger partial charge in [-0.1, -0.05) is 0 Å². The van der Waals surface area contributed by atoms with E-state index in [1.807, 2.05) is 38.0 Å². The van der Waals surface area contributed by atoms with Crippen molar-refractivity contribution in [2.45, 2.75) is 0 Å². The van der Waals surface area contributed by atoms with E-state index in [0.29, 0.717) is 26.2 Å². The lowest BCUT2D eigenvalue weighted by molar-refractivity contribution is -0.385. The van der Waals surface area contributed by atoms with E-state index in [2.05, 4.69) is 10.6 Å². The largest absolute Gasteiger partial charge is 0.383 e. The summed E-state index contributed by atoms with van der Waals surface area (Å²) in [4.78, 5) is 53.1. The average Bonchev–Trinajstić information content (AvgIpc) is 2.75. The summed E-state index contributed by atoms with van der Waals surface area (Å²) in [6.45, 7) is 1.95. The van der Waals surface area contributed by atoms with E-state index in [4.69, 9.17) is 0 Å². The fourth-order valence-electron chi connectivity index (χ4n) is 3.79. The Morgan fingerprint density at radius 2 is 1.03 bits per heavy atom. The summed E-state index contributed by atoms with van der Waals surface area (Å²) in [5.74, 6) is -1.60. The van der Waals surface area contributed by atoms with Crippen LogP contribution in [0.2, 0.25) is 0 Å². The summed E-state index contributed by atoms with van der Waals surface area (Å²) in [5.41, 5.74) is -1.80. The summed E-state index contributed by atoms with van der Waals surface area (Å²) in [6, 6.07) is 5.05. The van der Waals surface area contributed by atoms with Gasteiger partial charge in [0.2, 0.25) is 11.6 Å². The average molecular weight is 470 g/mol. The monoisotopic (exact) mass is 470 g/mol. The molecule has 0 radical (unpaired) electrons. The third kappa shape index (κ3) is 4.72. The van der Waals surface area contributed by atoms with Crippen molar-refractivity contribution in [1.29, 1.82) is 0 Å². The van der Waals surface area contributed by atoms with Crippen LogP contribution >= 0.6 is 0 Å². The van der Waals surface area contributed by atoms with E-state index in [-0.39, 0.29) is 33.6 Å². The molecule has 1 aliphatic rings. The summed E-state index contributed by atoms with van der Waals surface area (Å²) in [7, 11) is 7.41. The predicted octanol–water partition coefficient (Wildman–Crippen LogP) is 2.23. The van der Waals surface area contributed by atoms with Crippen LogP contribution in [0.1, 0.15) is 31.8 Å². The molecule has 2 N–H and O–H groups in total. The lowest BCUT2D eigenvalue weighted by atomic mass is 9.80. The topological polar surface area (TPSA) is 151 Å². The Kier molecular flexibility index (Phi) is 7.23. The van der Waals surface area contributed by atoms with Crippen molar-refractivity contribution in [3.8, 4) is 0 Å². The summed E-state index contributed by atoms with van der Waals surface area (Å²) in [5, 5.41) is 29.6. The zero-order valence-electron chi connectivity index (χ0n) is 19.4. The fraction of sp³-hybridized carbons (Fsp3) is 0.364. The molecule has 0 heterocycles. The van der Waals surface area contributed by atoms with Gasteiger partial charge in [0, 0.05) is 49.7 Å². The Labute approximate surface area is 195 Å². The van der Waals surface area contributed by atoms with Gasteiger partial charge in [0.1, 0.15) is 11.1 Å². The molecule has 1 aliphatic carbocycles. The summed E-state index contributed by atoms with van der Waals surface area (Å²) >= 11 is 0. The van der Waals surface area contributed by atoms with Crippen LogP contribution in [0.4, 0.5) is 22.7 Å². The van der Waals surface area contributed by atoms with Crippen LogP contribution in [-0.2, 0) is 0 Å². The number of hydrogen-bond donors (Lipinski definition) is 2. The molecule has 0 amide bonds. The number of nitrogens with one attached hydrogen (secondary N) is 2. The Hall–Kier alpha value is -3.90. The SMILES string of the molecule is CN(C)CCNc1ccc([N+](=O)[O-])c2c1C(=O)c1c([N+](=O)[O-])ccc(NCCN(C)C)c1C2=O. The number of carbonyl (C=O) groups excluding carboxylic acids is 2. The lowest BCUT2D eigenvalue weighted by Gasteiger charge is -2.23. The van der Waals surface area contributed by atoms with Crippen LogP contribution in [0.25, 0.3) is 0 Å². The van der Waals surface area contributed by atoms with E-state index < -0.39 is 32.8 Å². The van der Waals surface area contributed by atoms with Crippen LogP contribution < -0.4 is 10.6 Å². The molecule has 0 atom stereocenters. The highest BCUT2D eigenvalue weighted by molar-refractivity contribution is 6.34. The third-order valence-corrected chi connectivity index (χ3v) is 5.42. The number of benzene rings is 2. The standard InChI is InChI=1S/C22H26N6O6/c1-25(2)11-9-23-13-5-7-15(27(31)32)19-17(13)21(29)20-16(28(33)34)8-6-14(18(20)22(19)30)24-10-12-26(3)4/h5-8,23-24H,9-12H2,1-4H3. The molecular formula is C22H26N6O6. The van der Waals surface area contributed by atoms with Gasteiger partial charge in [-0.05, 0) is 40.3 Å². The van der Waals surface area contributed by atoms with Crippen molar-refractivity contribution >= 4 is 34.3 Å². The van der Waals surface area contributed by atoms with E-state index in [0.717, 1.165) is 0 Å². The molecular weight excluding hydrogens is 444 g/mol. The number of nitrogens with zero attached hydrogens (tertiary/aromatic N) is 4. The highest BCUT2D eigenvalue weighted by Gasteiger charge is 2.42. The first-order valence-electron chi connectivity index (χ1n) is 10.5. The van der Waals surface area contributed by atoms with Gasteiger partial charge in [-0.2, -0.15) is 0 Å². The van der Waals surface area contributed by atoms with Crippen molar-refractivity contribution in [1.82, 2.24) is 9.80 Å². The van der Waals surface area contributed by atoms with Gasteiger partial charge in [0.15, 0.2) is 0 Å². The van der Waals surface area contributed by atoms with Crippen molar-refractivity contribution in [2.75, 3.05) is 65.0 Å². The van der Waals surface area contributed by atoms with Crippen LogP contribution in [0, 0.1) is 20.2 Å². The zero-order valence-corrected chi connectivity index (χ0v) is 19.4. The molecule has 0 saturated heterocycles. The minimum absolute atomic E-state index is 0.215. The minimum Gasteiger partial charge on any atom is -0.383 e. The Balaban J connectivity index is 2.22. The van der Waals surface area contributed by atoms with E-state index in [1.54, 1.807) is 0 Å². The smallest absolute Gasteiger partial charge is 0.281 e. The number of carbonyl (C=O) groups is 2. The molecule has 2 aromatic carbocycles. The summed E-state index contributed by atoms with van der Waals surface area (Å²) in [6.07, 6.45) is 0. The summed E-state index contributed by atoms with van der Waals surface area (Å²) < 4.78 is 0. The maximum atomic E-state index is 13.6. The van der Waals surface area contributed by atoms with Crippen LogP contribution in [-0.4, -0.2) is 85.6 Å². The number of nitro groups is 2. The number of fused-ring (bicyclic) bond motifs is 2. The molecule has 3 rings (SSSR count). The first-order valence-corrected chi connectivity index (χ1v) is 10.5. The van der Waals surface area contributed by atoms with E-state index in [1.165, 1.54) is 24.3 Å². The van der Waals surface area contributed by atoms with Gasteiger partial charge in [0.25, 0.3) is 11.4 Å². The number of hydrogen-bond acceptors (Lipinski definition) is 10. The Morgan fingerprint density at radius 3 is 1.32 bits per heavy atom. The predicted molar refractivity (Wildman–Crippen MR) is 127 cm³/mol. The quantitative estimate of drug-likeness (QED) is 0.333. The van der Waals surface area contributed by atoms with Crippen molar-refractivity contribution in [2.24, 2.45) is 0 Å². The fourth-order valence-corrected chi connectivity index (χ4v) is 3.79. The van der Waals surface area contributed by atoms with Gasteiger partial charge in [-0.15, -0.1) is 0 Å². The molecule has 12 heteroatoms. The normalized spacial score (nSPS) is 12.5. The van der Waals surface area contributed by atoms with Gasteiger partial charge < -0.3 is 20.4 Å². The lowest BCUT2D eigenvalue weighted by Crippen LogP contribution is -2.28. The molecule has 0 unspecified atom stereocenters. The van der Waals surface area contributed by atoms with Crippen LogP contribution in [0.3, 0.4) is 0 Å². The highest BCUT2D eigenvalue weighted by atomic mass is 16.6. The van der Waals surface area contributed by atoms with Gasteiger partial charge in [-0.25, -0.2) is 0 Å². The van der Waals surface area contributed by atoms with Crippen molar-refractivity contribution < 1.29 is 19.4 Å². The molecule has 0 fully saturated rings. The molecule has 0 spiro atoms. The van der Waals surface area contributed by atoms with Crippen molar-refractivity contribution in [3.05, 3.63) is 66.7 Å². The second-order valence-corrected chi connectivity index (χ2v) is 8.40. The van der Waals surface area contributed by atoms with Crippen molar-refractivity contribution in [3.63, 3.8) is 0 Å². The highest BCUT2D eigenvalue weighted by Crippen LogP contribution is 2.42. The number of likely N-dealkylation sites (N-methyl/N-ethyl adjacent to an activating group) is 2. The second-order valence-electron chi connectivity index (χ2n) is 8.40. The second kappa shape index (κ2) is 9.93.